The summed E-state index contributed by atoms with van der Waals surface area (Å²) in [6, 6.07) is 21.7. The molecule has 2 atom stereocenters. The van der Waals surface area contributed by atoms with Crippen molar-refractivity contribution in [1.29, 1.82) is 0 Å². The number of hydrogen-bond acceptors (Lipinski definition) is 5. The molecule has 9 heteroatoms. The Bertz CT molecular complexity index is 1380. The number of amides is 2. The van der Waals surface area contributed by atoms with Gasteiger partial charge in [0.2, 0.25) is 11.8 Å². The lowest BCUT2D eigenvalue weighted by Gasteiger charge is -2.33. The van der Waals surface area contributed by atoms with Crippen LogP contribution in [0.1, 0.15) is 51.7 Å². The van der Waals surface area contributed by atoms with Gasteiger partial charge < -0.3 is 15.0 Å². The third-order valence-electron chi connectivity index (χ3n) is 6.91. The largest absolute Gasteiger partial charge is 0.494 e. The van der Waals surface area contributed by atoms with Crippen molar-refractivity contribution >= 4 is 27.5 Å². The Morgan fingerprint density at radius 3 is 2.07 bits per heavy atom. The van der Waals surface area contributed by atoms with Crippen molar-refractivity contribution in [3.05, 3.63) is 90.0 Å². The standard InChI is InChI=1S/C32H41N3O5S/c1-6-25(5)33-32(37)30(7-2)34(22-26-12-10-9-11-13-26)31(36)23-35(27-16-18-28(19-17-27)40-8-3)41(38,39)29-20-14-24(4)15-21-29/h9-21,25,30H,6-8,22-23H2,1-5H3,(H,33,37). The minimum atomic E-state index is -4.13. The molecule has 3 aromatic rings. The second-order valence-electron chi connectivity index (χ2n) is 10.0. The molecule has 0 aliphatic heterocycles. The molecular weight excluding hydrogens is 538 g/mol. The number of hydrogen-bond donors (Lipinski definition) is 1. The monoisotopic (exact) mass is 579 g/mol. The van der Waals surface area contributed by atoms with Crippen LogP contribution < -0.4 is 14.4 Å². The molecule has 41 heavy (non-hydrogen) atoms. The van der Waals surface area contributed by atoms with Crippen LogP contribution in [0.25, 0.3) is 0 Å². The van der Waals surface area contributed by atoms with E-state index in [9.17, 15) is 18.0 Å². The summed E-state index contributed by atoms with van der Waals surface area (Å²) in [7, 11) is -4.13. The highest BCUT2D eigenvalue weighted by molar-refractivity contribution is 7.92. The number of carbonyl (C=O) groups excluding carboxylic acids is 2. The van der Waals surface area contributed by atoms with E-state index in [1.165, 1.54) is 17.0 Å². The molecule has 0 spiro atoms. The Morgan fingerprint density at radius 1 is 0.878 bits per heavy atom. The van der Waals surface area contributed by atoms with Crippen molar-refractivity contribution in [3.63, 3.8) is 0 Å². The predicted molar refractivity (Wildman–Crippen MR) is 162 cm³/mol. The molecule has 220 valence electrons. The molecule has 8 nitrogen and oxygen atoms in total. The fraction of sp³-hybridized carbons (Fsp3) is 0.375. The van der Waals surface area contributed by atoms with Gasteiger partial charge in [-0.15, -0.1) is 0 Å². The molecule has 0 aliphatic rings. The van der Waals surface area contributed by atoms with Crippen LogP contribution in [0.15, 0.2) is 83.8 Å². The van der Waals surface area contributed by atoms with E-state index in [0.29, 0.717) is 24.5 Å². The number of anilines is 1. The number of rotatable bonds is 14. The molecule has 0 radical (unpaired) electrons. The second-order valence-corrected chi connectivity index (χ2v) is 11.9. The van der Waals surface area contributed by atoms with Crippen LogP contribution >= 0.6 is 0 Å². The number of carbonyl (C=O) groups is 2. The summed E-state index contributed by atoms with van der Waals surface area (Å²) < 4.78 is 34.6. The number of benzene rings is 3. The van der Waals surface area contributed by atoms with Gasteiger partial charge in [-0.3, -0.25) is 13.9 Å². The average molecular weight is 580 g/mol. The van der Waals surface area contributed by atoms with E-state index in [1.807, 2.05) is 65.0 Å². The van der Waals surface area contributed by atoms with Gasteiger partial charge in [-0.25, -0.2) is 8.42 Å². The first-order chi connectivity index (χ1) is 19.6. The number of nitrogens with one attached hydrogen (secondary N) is 1. The van der Waals surface area contributed by atoms with Crippen LogP contribution in [-0.4, -0.2) is 50.4 Å². The maximum atomic E-state index is 14.1. The molecule has 0 saturated carbocycles. The summed E-state index contributed by atoms with van der Waals surface area (Å²) in [6.45, 7) is 9.62. The van der Waals surface area contributed by atoms with Gasteiger partial charge >= 0.3 is 0 Å². The maximum Gasteiger partial charge on any atom is 0.264 e. The quantitative estimate of drug-likeness (QED) is 0.279. The van der Waals surface area contributed by atoms with E-state index in [4.69, 9.17) is 4.74 Å². The molecule has 0 saturated heterocycles. The average Bonchev–Trinajstić information content (AvgIpc) is 2.97. The molecule has 0 aromatic heterocycles. The first-order valence-electron chi connectivity index (χ1n) is 14.1. The van der Waals surface area contributed by atoms with Crippen LogP contribution in [-0.2, 0) is 26.2 Å². The molecule has 0 aliphatic carbocycles. The summed E-state index contributed by atoms with van der Waals surface area (Å²) >= 11 is 0. The smallest absolute Gasteiger partial charge is 0.264 e. The highest BCUT2D eigenvalue weighted by Gasteiger charge is 2.34. The van der Waals surface area contributed by atoms with Crippen molar-refractivity contribution in [1.82, 2.24) is 10.2 Å². The molecule has 1 N–H and O–H groups in total. The predicted octanol–water partition coefficient (Wildman–Crippen LogP) is 5.31. The first kappa shape index (κ1) is 31.7. The van der Waals surface area contributed by atoms with E-state index in [-0.39, 0.29) is 23.4 Å². The number of ether oxygens (including phenoxy) is 1. The lowest BCUT2D eigenvalue weighted by Crippen LogP contribution is -2.53. The maximum absolute atomic E-state index is 14.1. The Balaban J connectivity index is 2.04. The normalized spacial score (nSPS) is 12.7. The van der Waals surface area contributed by atoms with Gasteiger partial charge in [-0.1, -0.05) is 61.9 Å². The lowest BCUT2D eigenvalue weighted by atomic mass is 10.1. The molecule has 2 unspecified atom stereocenters. The summed E-state index contributed by atoms with van der Waals surface area (Å²) in [5.74, 6) is -0.154. The molecule has 3 rings (SSSR count). The molecular formula is C32H41N3O5S. The van der Waals surface area contributed by atoms with Crippen molar-refractivity contribution < 1.29 is 22.7 Å². The third kappa shape index (κ3) is 8.33. The Labute approximate surface area is 244 Å². The van der Waals surface area contributed by atoms with Gasteiger partial charge in [0.05, 0.1) is 17.2 Å². The number of aryl methyl sites for hydroxylation is 1. The van der Waals surface area contributed by atoms with E-state index in [0.717, 1.165) is 21.9 Å². The molecule has 0 heterocycles. The van der Waals surface area contributed by atoms with E-state index < -0.39 is 28.5 Å². The van der Waals surface area contributed by atoms with Crippen LogP contribution in [0, 0.1) is 6.92 Å². The fourth-order valence-electron chi connectivity index (χ4n) is 4.38. The van der Waals surface area contributed by atoms with Gasteiger partial charge in [-0.2, -0.15) is 0 Å². The molecule has 0 bridgehead atoms. The third-order valence-corrected chi connectivity index (χ3v) is 8.69. The Kier molecular flexibility index (Phi) is 11.3. The molecule has 3 aromatic carbocycles. The second kappa shape index (κ2) is 14.7. The van der Waals surface area contributed by atoms with Crippen LogP contribution in [0.3, 0.4) is 0 Å². The zero-order valence-corrected chi connectivity index (χ0v) is 25.4. The first-order valence-corrected chi connectivity index (χ1v) is 15.5. The summed E-state index contributed by atoms with van der Waals surface area (Å²) in [5, 5.41) is 2.99. The highest BCUT2D eigenvalue weighted by atomic mass is 32.2. The summed E-state index contributed by atoms with van der Waals surface area (Å²) in [6.07, 6.45) is 1.11. The number of sulfonamides is 1. The Morgan fingerprint density at radius 2 is 1.51 bits per heavy atom. The van der Waals surface area contributed by atoms with Crippen molar-refractivity contribution in [2.75, 3.05) is 17.5 Å². The van der Waals surface area contributed by atoms with Crippen LogP contribution in [0.5, 0.6) is 5.75 Å². The van der Waals surface area contributed by atoms with E-state index >= 15 is 0 Å². The number of nitrogens with zero attached hydrogens (tertiary/aromatic N) is 2. The zero-order valence-electron chi connectivity index (χ0n) is 24.5. The van der Waals surface area contributed by atoms with Crippen molar-refractivity contribution in [2.45, 2.75) is 71.0 Å². The van der Waals surface area contributed by atoms with Crippen molar-refractivity contribution in [3.8, 4) is 5.75 Å². The topological polar surface area (TPSA) is 96.0 Å². The summed E-state index contributed by atoms with van der Waals surface area (Å²) in [5.41, 5.74) is 2.07. The minimum absolute atomic E-state index is 0.0625. The Hall–Kier alpha value is -3.85. The van der Waals surface area contributed by atoms with Gasteiger partial charge in [0.1, 0.15) is 18.3 Å². The van der Waals surface area contributed by atoms with E-state index in [1.54, 1.807) is 36.4 Å². The van der Waals surface area contributed by atoms with Gasteiger partial charge in [0.25, 0.3) is 10.0 Å². The highest BCUT2D eigenvalue weighted by Crippen LogP contribution is 2.27. The fourth-order valence-corrected chi connectivity index (χ4v) is 5.80. The van der Waals surface area contributed by atoms with Crippen molar-refractivity contribution in [2.24, 2.45) is 0 Å². The molecule has 2 amide bonds. The SMILES string of the molecule is CCOc1ccc(N(CC(=O)N(Cc2ccccc2)C(CC)C(=O)NC(C)CC)S(=O)(=O)c2ccc(C)cc2)cc1. The molecule has 0 fully saturated rings. The summed E-state index contributed by atoms with van der Waals surface area (Å²) in [4.78, 5) is 29.0. The minimum Gasteiger partial charge on any atom is -0.494 e. The lowest BCUT2D eigenvalue weighted by molar-refractivity contribution is -0.140. The van der Waals surface area contributed by atoms with Crippen LogP contribution in [0.4, 0.5) is 5.69 Å². The van der Waals surface area contributed by atoms with Gasteiger partial charge in [0, 0.05) is 12.6 Å². The van der Waals surface area contributed by atoms with Gasteiger partial charge in [0.15, 0.2) is 0 Å². The zero-order chi connectivity index (χ0) is 30.0. The van der Waals surface area contributed by atoms with Crippen LogP contribution in [0.2, 0.25) is 0 Å². The van der Waals surface area contributed by atoms with Gasteiger partial charge in [-0.05, 0) is 75.6 Å². The van der Waals surface area contributed by atoms with E-state index in [2.05, 4.69) is 5.32 Å².